The Morgan fingerprint density at radius 2 is 1.67 bits per heavy atom. The third-order valence-electron chi connectivity index (χ3n) is 3.14. The van der Waals surface area contributed by atoms with Crippen LogP contribution in [0.4, 0.5) is 4.39 Å². The van der Waals surface area contributed by atoms with Crippen molar-refractivity contribution in [2.24, 2.45) is 0 Å². The molecule has 0 radical (unpaired) electrons. The molecule has 110 valence electrons. The number of carbonyl (C=O) groups is 1. The summed E-state index contributed by atoms with van der Waals surface area (Å²) in [7, 11) is 0. The van der Waals surface area contributed by atoms with Gasteiger partial charge in [0.2, 0.25) is 0 Å². The van der Waals surface area contributed by atoms with Gasteiger partial charge in [-0.2, -0.15) is 11.8 Å². The summed E-state index contributed by atoms with van der Waals surface area (Å²) in [5, 5.41) is 2.88. The molecule has 0 aliphatic carbocycles. The number of hydrogen-bond acceptors (Lipinski definition) is 2. The summed E-state index contributed by atoms with van der Waals surface area (Å²) in [6.07, 6.45) is 2.74. The Morgan fingerprint density at radius 1 is 1.05 bits per heavy atom. The van der Waals surface area contributed by atoms with Crippen LogP contribution in [0.5, 0.6) is 0 Å². The Balaban J connectivity index is 1.82. The maximum Gasteiger partial charge on any atom is 0.251 e. The van der Waals surface area contributed by atoms with E-state index in [1.807, 2.05) is 24.3 Å². The zero-order valence-electron chi connectivity index (χ0n) is 11.9. The summed E-state index contributed by atoms with van der Waals surface area (Å²) in [5.74, 6) is 0.632. The molecule has 0 bridgehead atoms. The van der Waals surface area contributed by atoms with E-state index < -0.39 is 0 Å². The molecule has 0 spiro atoms. The van der Waals surface area contributed by atoms with Crippen molar-refractivity contribution in [1.82, 2.24) is 5.32 Å². The average Bonchev–Trinajstić information content (AvgIpc) is 2.50. The highest BCUT2D eigenvalue weighted by Gasteiger charge is 2.04. The Kier molecular flexibility index (Phi) is 5.81. The highest BCUT2D eigenvalue weighted by molar-refractivity contribution is 7.97. The molecule has 4 heteroatoms. The number of carbonyl (C=O) groups excluding carboxylic acids is 1. The van der Waals surface area contributed by atoms with E-state index in [0.29, 0.717) is 18.5 Å². The highest BCUT2D eigenvalue weighted by Crippen LogP contribution is 2.10. The largest absolute Gasteiger partial charge is 0.352 e. The summed E-state index contributed by atoms with van der Waals surface area (Å²) in [5.41, 5.74) is 2.89. The molecule has 2 nitrogen and oxygen atoms in total. The molecule has 2 aromatic rings. The van der Waals surface area contributed by atoms with E-state index in [0.717, 1.165) is 11.3 Å². The van der Waals surface area contributed by atoms with Crippen LogP contribution in [0.15, 0.2) is 48.5 Å². The normalized spacial score (nSPS) is 10.4. The number of nitrogens with one attached hydrogen (secondary N) is 1. The van der Waals surface area contributed by atoms with E-state index in [1.54, 1.807) is 23.9 Å². The van der Waals surface area contributed by atoms with E-state index in [4.69, 9.17) is 0 Å². The fourth-order valence-electron chi connectivity index (χ4n) is 1.99. The molecular formula is C17H18FNOS. The quantitative estimate of drug-likeness (QED) is 0.882. The molecule has 0 heterocycles. The Morgan fingerprint density at radius 3 is 2.29 bits per heavy atom. The lowest BCUT2D eigenvalue weighted by atomic mass is 10.1. The topological polar surface area (TPSA) is 29.1 Å². The molecule has 0 aromatic heterocycles. The maximum atomic E-state index is 12.8. The van der Waals surface area contributed by atoms with Gasteiger partial charge in [-0.1, -0.05) is 24.3 Å². The zero-order valence-corrected chi connectivity index (χ0v) is 12.8. The molecule has 0 aliphatic rings. The van der Waals surface area contributed by atoms with Gasteiger partial charge in [-0.25, -0.2) is 4.39 Å². The number of benzene rings is 2. The van der Waals surface area contributed by atoms with Crippen molar-refractivity contribution in [3.05, 3.63) is 71.0 Å². The van der Waals surface area contributed by atoms with Crippen molar-refractivity contribution in [1.29, 1.82) is 0 Å². The van der Waals surface area contributed by atoms with Crippen LogP contribution >= 0.6 is 11.8 Å². The molecule has 0 fully saturated rings. The van der Waals surface area contributed by atoms with Crippen LogP contribution in [0.2, 0.25) is 0 Å². The second kappa shape index (κ2) is 7.84. The lowest BCUT2D eigenvalue weighted by molar-refractivity contribution is 0.0954. The molecule has 21 heavy (non-hydrogen) atoms. The van der Waals surface area contributed by atoms with Gasteiger partial charge in [0, 0.05) is 17.9 Å². The van der Waals surface area contributed by atoms with Gasteiger partial charge in [0.15, 0.2) is 0 Å². The lowest BCUT2D eigenvalue weighted by Crippen LogP contribution is -2.25. The molecule has 0 saturated heterocycles. The number of hydrogen-bond donors (Lipinski definition) is 1. The first kappa shape index (κ1) is 15.6. The zero-order chi connectivity index (χ0) is 15.1. The van der Waals surface area contributed by atoms with Crippen molar-refractivity contribution in [2.75, 3.05) is 12.8 Å². The maximum absolute atomic E-state index is 12.8. The minimum absolute atomic E-state index is 0.0761. The Bertz CT molecular complexity index is 581. The monoisotopic (exact) mass is 303 g/mol. The van der Waals surface area contributed by atoms with Crippen LogP contribution in [-0.2, 0) is 12.2 Å². The van der Waals surface area contributed by atoms with Crippen LogP contribution in [-0.4, -0.2) is 18.7 Å². The second-order valence-electron chi connectivity index (χ2n) is 4.76. The van der Waals surface area contributed by atoms with Gasteiger partial charge >= 0.3 is 0 Å². The standard InChI is InChI=1S/C17H18FNOS/c1-21-12-14-2-6-15(7-3-14)17(20)19-11-10-13-4-8-16(18)9-5-13/h2-9H,10-12H2,1H3,(H,19,20). The molecule has 1 amide bonds. The smallest absolute Gasteiger partial charge is 0.251 e. The van der Waals surface area contributed by atoms with Crippen molar-refractivity contribution in [3.63, 3.8) is 0 Å². The molecular weight excluding hydrogens is 285 g/mol. The average molecular weight is 303 g/mol. The van der Waals surface area contributed by atoms with Gasteiger partial charge in [-0.05, 0) is 48.1 Å². The molecule has 2 aromatic carbocycles. The van der Waals surface area contributed by atoms with Crippen LogP contribution < -0.4 is 5.32 Å². The highest BCUT2D eigenvalue weighted by atomic mass is 32.2. The number of halogens is 1. The van der Waals surface area contributed by atoms with E-state index >= 15 is 0 Å². The molecule has 0 aliphatic heterocycles. The molecule has 0 atom stereocenters. The molecule has 1 N–H and O–H groups in total. The first-order valence-electron chi connectivity index (χ1n) is 6.79. The van der Waals surface area contributed by atoms with Crippen LogP contribution in [0.25, 0.3) is 0 Å². The fraction of sp³-hybridized carbons (Fsp3) is 0.235. The van der Waals surface area contributed by atoms with Gasteiger partial charge in [0.1, 0.15) is 5.82 Å². The van der Waals surface area contributed by atoms with E-state index in [-0.39, 0.29) is 11.7 Å². The molecule has 0 saturated carbocycles. The summed E-state index contributed by atoms with van der Waals surface area (Å²) >= 11 is 1.75. The van der Waals surface area contributed by atoms with Crippen molar-refractivity contribution in [3.8, 4) is 0 Å². The second-order valence-corrected chi connectivity index (χ2v) is 5.63. The first-order valence-corrected chi connectivity index (χ1v) is 8.19. The van der Waals surface area contributed by atoms with Gasteiger partial charge in [-0.15, -0.1) is 0 Å². The van der Waals surface area contributed by atoms with Gasteiger partial charge in [0.25, 0.3) is 5.91 Å². The van der Waals surface area contributed by atoms with Crippen LogP contribution in [0, 0.1) is 5.82 Å². The third-order valence-corrected chi connectivity index (χ3v) is 3.76. The Hall–Kier alpha value is -1.81. The van der Waals surface area contributed by atoms with Gasteiger partial charge in [0.05, 0.1) is 0 Å². The molecule has 0 unspecified atom stereocenters. The van der Waals surface area contributed by atoms with E-state index in [2.05, 4.69) is 11.6 Å². The SMILES string of the molecule is CSCc1ccc(C(=O)NCCc2ccc(F)cc2)cc1. The number of rotatable bonds is 6. The minimum Gasteiger partial charge on any atom is -0.352 e. The summed E-state index contributed by atoms with van der Waals surface area (Å²) in [6.45, 7) is 0.539. The van der Waals surface area contributed by atoms with Crippen molar-refractivity contribution < 1.29 is 9.18 Å². The summed E-state index contributed by atoms with van der Waals surface area (Å²) in [6, 6.07) is 14.0. The summed E-state index contributed by atoms with van der Waals surface area (Å²) < 4.78 is 12.8. The summed E-state index contributed by atoms with van der Waals surface area (Å²) in [4.78, 5) is 12.0. The Labute approximate surface area is 128 Å². The van der Waals surface area contributed by atoms with Gasteiger partial charge < -0.3 is 5.32 Å². The van der Waals surface area contributed by atoms with E-state index in [1.165, 1.54) is 17.7 Å². The first-order chi connectivity index (χ1) is 10.2. The van der Waals surface area contributed by atoms with Gasteiger partial charge in [-0.3, -0.25) is 4.79 Å². The predicted octanol–water partition coefficient (Wildman–Crippen LogP) is 3.66. The van der Waals surface area contributed by atoms with Crippen molar-refractivity contribution in [2.45, 2.75) is 12.2 Å². The third kappa shape index (κ3) is 4.90. The minimum atomic E-state index is -0.242. The molecule has 2 rings (SSSR count). The number of amides is 1. The number of thioether (sulfide) groups is 1. The van der Waals surface area contributed by atoms with Crippen LogP contribution in [0.3, 0.4) is 0 Å². The van der Waals surface area contributed by atoms with Crippen molar-refractivity contribution >= 4 is 17.7 Å². The fourth-order valence-corrected chi connectivity index (χ4v) is 2.52. The lowest BCUT2D eigenvalue weighted by Gasteiger charge is -2.06. The predicted molar refractivity (Wildman–Crippen MR) is 86.1 cm³/mol. The van der Waals surface area contributed by atoms with Crippen LogP contribution in [0.1, 0.15) is 21.5 Å². The van der Waals surface area contributed by atoms with E-state index in [9.17, 15) is 9.18 Å².